The molecule has 0 fully saturated rings. The average molecular weight is 298 g/mol. The summed E-state index contributed by atoms with van der Waals surface area (Å²) in [6, 6.07) is 17.6. The van der Waals surface area contributed by atoms with E-state index in [0.29, 0.717) is 11.7 Å². The highest BCUT2D eigenvalue weighted by Crippen LogP contribution is 2.22. The van der Waals surface area contributed by atoms with E-state index in [0.717, 1.165) is 22.7 Å². The molecule has 3 rings (SSSR count). The van der Waals surface area contributed by atoms with Crippen LogP contribution >= 0.6 is 12.2 Å². The van der Waals surface area contributed by atoms with Crippen molar-refractivity contribution in [2.75, 3.05) is 18.6 Å². The maximum Gasteiger partial charge on any atom is 0.296 e. The first-order valence-corrected chi connectivity index (χ1v) is 6.93. The van der Waals surface area contributed by atoms with Gasteiger partial charge in [0.1, 0.15) is 11.5 Å². The third-order valence-electron chi connectivity index (χ3n) is 3.25. The normalized spacial score (nSPS) is 14.4. The third-order valence-corrected chi connectivity index (χ3v) is 3.55. The monoisotopic (exact) mass is 298 g/mol. The summed E-state index contributed by atoms with van der Waals surface area (Å²) in [5.41, 5.74) is 2.82. The Morgan fingerprint density at radius 1 is 1.10 bits per heavy atom. The van der Waals surface area contributed by atoms with Crippen molar-refractivity contribution in [3.8, 4) is 5.75 Å². The van der Waals surface area contributed by atoms with Gasteiger partial charge in [0.15, 0.2) is 0 Å². The molecular weight excluding hydrogens is 284 g/mol. The van der Waals surface area contributed by atoms with Gasteiger partial charge in [0.05, 0.1) is 13.7 Å². The lowest BCUT2D eigenvalue weighted by atomic mass is 10.1. The van der Waals surface area contributed by atoms with Crippen LogP contribution in [0.25, 0.3) is 0 Å². The topological polar surface area (TPSA) is 34.1 Å². The molecule has 0 bridgehead atoms. The van der Waals surface area contributed by atoms with Crippen LogP contribution in [0.1, 0.15) is 5.56 Å². The minimum Gasteiger partial charge on any atom is -0.497 e. The van der Waals surface area contributed by atoms with E-state index in [9.17, 15) is 0 Å². The number of anilines is 1. The van der Waals surface area contributed by atoms with E-state index >= 15 is 0 Å². The highest BCUT2D eigenvalue weighted by Gasteiger charge is 2.22. The predicted octanol–water partition coefficient (Wildman–Crippen LogP) is 3.22. The number of methoxy groups -OCH3 is 1. The summed E-state index contributed by atoms with van der Waals surface area (Å²) in [5.74, 6) is 0.805. The van der Waals surface area contributed by atoms with Gasteiger partial charge < -0.3 is 9.57 Å². The minimum absolute atomic E-state index is 0.347. The molecule has 0 radical (unpaired) electrons. The van der Waals surface area contributed by atoms with Crippen molar-refractivity contribution in [2.45, 2.75) is 0 Å². The smallest absolute Gasteiger partial charge is 0.296 e. The van der Waals surface area contributed by atoms with Crippen LogP contribution in [0.4, 0.5) is 5.69 Å². The molecule has 106 valence electrons. The fraction of sp³-hybridized carbons (Fsp3) is 0.125. The molecule has 0 amide bonds. The van der Waals surface area contributed by atoms with Gasteiger partial charge in [-0.15, -0.1) is 0 Å². The Hall–Kier alpha value is -2.40. The number of hydrogen-bond donors (Lipinski definition) is 0. The number of thiocarbonyl (C=S) groups is 1. The quantitative estimate of drug-likeness (QED) is 0.815. The number of ether oxygens (including phenoxy) is 1. The fourth-order valence-corrected chi connectivity index (χ4v) is 2.33. The zero-order valence-electron chi connectivity index (χ0n) is 11.5. The van der Waals surface area contributed by atoms with Gasteiger partial charge in [-0.05, 0) is 36.5 Å². The molecule has 1 heterocycles. The maximum absolute atomic E-state index is 5.28. The SMILES string of the molecule is COc1ccc(N2CC(c3ccccc3)=NOC2=S)cc1. The van der Waals surface area contributed by atoms with E-state index in [4.69, 9.17) is 21.8 Å². The van der Waals surface area contributed by atoms with Crippen LogP contribution in [0.2, 0.25) is 0 Å². The number of hydrogen-bond acceptors (Lipinski definition) is 4. The molecular formula is C16H14N2O2S. The average Bonchev–Trinajstić information content (AvgIpc) is 2.56. The largest absolute Gasteiger partial charge is 0.497 e. The fourth-order valence-electron chi connectivity index (χ4n) is 2.12. The molecule has 0 spiro atoms. The maximum atomic E-state index is 5.28. The molecule has 0 saturated carbocycles. The van der Waals surface area contributed by atoms with Crippen LogP contribution in [0, 0.1) is 0 Å². The van der Waals surface area contributed by atoms with Crippen LogP contribution in [-0.2, 0) is 4.84 Å². The Balaban J connectivity index is 1.86. The van der Waals surface area contributed by atoms with Crippen molar-refractivity contribution < 1.29 is 9.57 Å². The van der Waals surface area contributed by atoms with Crippen LogP contribution in [0.15, 0.2) is 59.8 Å². The van der Waals surface area contributed by atoms with Gasteiger partial charge in [-0.3, -0.25) is 4.90 Å². The van der Waals surface area contributed by atoms with Crippen molar-refractivity contribution in [3.63, 3.8) is 0 Å². The van der Waals surface area contributed by atoms with Crippen LogP contribution in [0.5, 0.6) is 5.75 Å². The second-order valence-electron chi connectivity index (χ2n) is 4.55. The van der Waals surface area contributed by atoms with Crippen molar-refractivity contribution in [2.24, 2.45) is 5.16 Å². The van der Waals surface area contributed by atoms with E-state index in [1.165, 1.54) is 0 Å². The number of nitrogens with zero attached hydrogens (tertiary/aromatic N) is 2. The first kappa shape index (κ1) is 13.6. The van der Waals surface area contributed by atoms with E-state index < -0.39 is 0 Å². The molecule has 0 N–H and O–H groups in total. The van der Waals surface area contributed by atoms with Crippen molar-refractivity contribution >= 4 is 28.8 Å². The third kappa shape index (κ3) is 2.87. The van der Waals surface area contributed by atoms with Crippen LogP contribution < -0.4 is 9.64 Å². The summed E-state index contributed by atoms with van der Waals surface area (Å²) in [4.78, 5) is 7.19. The Bertz CT molecular complexity index is 668. The highest BCUT2D eigenvalue weighted by molar-refractivity contribution is 7.80. The Morgan fingerprint density at radius 3 is 2.48 bits per heavy atom. The first-order chi connectivity index (χ1) is 10.3. The van der Waals surface area contributed by atoms with Gasteiger partial charge in [0, 0.05) is 11.3 Å². The lowest BCUT2D eigenvalue weighted by molar-refractivity contribution is 0.321. The number of benzene rings is 2. The Morgan fingerprint density at radius 2 is 1.81 bits per heavy atom. The molecule has 0 unspecified atom stereocenters. The summed E-state index contributed by atoms with van der Waals surface area (Å²) in [6.45, 7) is 0.579. The molecule has 1 aliphatic rings. The summed E-state index contributed by atoms with van der Waals surface area (Å²) >= 11 is 5.24. The minimum atomic E-state index is 0.347. The van der Waals surface area contributed by atoms with Gasteiger partial charge in [-0.2, -0.15) is 0 Å². The van der Waals surface area contributed by atoms with Gasteiger partial charge >= 0.3 is 0 Å². The second-order valence-corrected chi connectivity index (χ2v) is 4.89. The molecule has 4 nitrogen and oxygen atoms in total. The van der Waals surface area contributed by atoms with Crippen LogP contribution in [0.3, 0.4) is 0 Å². The summed E-state index contributed by atoms with van der Waals surface area (Å²) < 4.78 is 5.17. The molecule has 21 heavy (non-hydrogen) atoms. The zero-order chi connectivity index (χ0) is 14.7. The molecule has 0 atom stereocenters. The summed E-state index contributed by atoms with van der Waals surface area (Å²) in [6.07, 6.45) is 0. The van der Waals surface area contributed by atoms with Crippen molar-refractivity contribution in [1.82, 2.24) is 0 Å². The molecule has 0 aliphatic carbocycles. The van der Waals surface area contributed by atoms with Gasteiger partial charge in [0.25, 0.3) is 5.17 Å². The Labute approximate surface area is 128 Å². The van der Waals surface area contributed by atoms with E-state index in [1.807, 2.05) is 59.5 Å². The van der Waals surface area contributed by atoms with Gasteiger partial charge in [-0.25, -0.2) is 0 Å². The summed E-state index contributed by atoms with van der Waals surface area (Å²) in [5, 5.41) is 4.45. The molecule has 0 saturated heterocycles. The highest BCUT2D eigenvalue weighted by atomic mass is 32.1. The van der Waals surface area contributed by atoms with E-state index in [-0.39, 0.29) is 0 Å². The van der Waals surface area contributed by atoms with Gasteiger partial charge in [0.2, 0.25) is 0 Å². The van der Waals surface area contributed by atoms with Crippen molar-refractivity contribution in [1.29, 1.82) is 0 Å². The molecule has 0 aromatic heterocycles. The standard InChI is InChI=1S/C16H14N2O2S/c1-19-14-9-7-13(8-10-14)18-11-15(17-20-16(18)21)12-5-3-2-4-6-12/h2-10H,11H2,1H3. The molecule has 2 aromatic rings. The summed E-state index contributed by atoms with van der Waals surface area (Å²) in [7, 11) is 1.64. The number of rotatable bonds is 3. The molecule has 5 heteroatoms. The lowest BCUT2D eigenvalue weighted by Gasteiger charge is -2.27. The lowest BCUT2D eigenvalue weighted by Crippen LogP contribution is -2.39. The van der Waals surface area contributed by atoms with E-state index in [1.54, 1.807) is 7.11 Å². The van der Waals surface area contributed by atoms with Crippen molar-refractivity contribution in [3.05, 3.63) is 60.2 Å². The molecule has 1 aliphatic heterocycles. The van der Waals surface area contributed by atoms with Crippen LogP contribution in [-0.4, -0.2) is 24.5 Å². The second kappa shape index (κ2) is 5.93. The molecule has 2 aromatic carbocycles. The number of oxime groups is 1. The Kier molecular flexibility index (Phi) is 3.83. The zero-order valence-corrected chi connectivity index (χ0v) is 12.3. The van der Waals surface area contributed by atoms with Gasteiger partial charge in [-0.1, -0.05) is 35.5 Å². The van der Waals surface area contributed by atoms with E-state index in [2.05, 4.69) is 5.16 Å². The first-order valence-electron chi connectivity index (χ1n) is 6.53. The predicted molar refractivity (Wildman–Crippen MR) is 87.0 cm³/mol.